The Labute approximate surface area is 220 Å². The van der Waals surface area contributed by atoms with Crippen LogP contribution in [0.4, 0.5) is 0 Å². The number of aliphatic hydroxyl groups excluding tert-OH is 1. The molecule has 1 unspecified atom stereocenters. The molecule has 206 valence electrons. The lowest BCUT2D eigenvalue weighted by molar-refractivity contribution is -0.138. The molecule has 36 heavy (non-hydrogen) atoms. The molecule has 5 nitrogen and oxygen atoms in total. The molecule has 0 heterocycles. The fraction of sp³-hybridized carbons (Fsp3) is 0.677. The molecule has 0 spiro atoms. The van der Waals surface area contributed by atoms with Gasteiger partial charge in [-0.05, 0) is 62.5 Å². The summed E-state index contributed by atoms with van der Waals surface area (Å²) in [6.45, 7) is 8.26. The minimum atomic E-state index is -0.772. The number of benzene rings is 1. The first-order valence-electron chi connectivity index (χ1n) is 14.0. The Balaban J connectivity index is 0.000000717. The Morgan fingerprint density at radius 1 is 0.833 bits per heavy atom. The van der Waals surface area contributed by atoms with Gasteiger partial charge in [-0.15, -0.1) is 0 Å². The molecule has 0 fully saturated rings. The summed E-state index contributed by atoms with van der Waals surface area (Å²) in [6, 6.07) is 7.87. The number of hydrogen-bond acceptors (Lipinski definition) is 3. The average molecular weight is 505 g/mol. The first-order valence-corrected chi connectivity index (χ1v) is 14.0. The molecule has 1 aromatic rings. The van der Waals surface area contributed by atoms with Gasteiger partial charge in [0.1, 0.15) is 0 Å². The van der Waals surface area contributed by atoms with Gasteiger partial charge in [0.15, 0.2) is 0 Å². The van der Waals surface area contributed by atoms with Gasteiger partial charge in [-0.1, -0.05) is 102 Å². The molecule has 0 aliphatic rings. The van der Waals surface area contributed by atoms with E-state index in [0.29, 0.717) is 12.3 Å². The van der Waals surface area contributed by atoms with Crippen LogP contribution in [0.1, 0.15) is 128 Å². The van der Waals surface area contributed by atoms with Crippen LogP contribution >= 0.6 is 0 Å². The second kappa shape index (κ2) is 22.1. The van der Waals surface area contributed by atoms with Crippen molar-refractivity contribution in [3.8, 4) is 0 Å². The number of unbranched alkanes of at least 4 members (excludes halogenated alkanes) is 8. The highest BCUT2D eigenvalue weighted by molar-refractivity contribution is 5.75. The number of aliphatic carboxylic acids is 2. The predicted octanol–water partition coefficient (Wildman–Crippen LogP) is 8.15. The predicted molar refractivity (Wildman–Crippen MR) is 150 cm³/mol. The van der Waals surface area contributed by atoms with Crippen LogP contribution < -0.4 is 0 Å². The third-order valence-corrected chi connectivity index (χ3v) is 6.22. The molecular weight excluding hydrogens is 452 g/mol. The van der Waals surface area contributed by atoms with Crippen molar-refractivity contribution in [1.29, 1.82) is 0 Å². The van der Waals surface area contributed by atoms with E-state index in [2.05, 4.69) is 32.9 Å². The van der Waals surface area contributed by atoms with Gasteiger partial charge in [-0.2, -0.15) is 0 Å². The Hall–Kier alpha value is -2.14. The SMILES string of the molecule is CC(C)Cc1ccc(C(C)C(=O)O)cc1.CCCCCC[C@@H](O)C/C=C\CCCCCCCC(=O)O. The highest BCUT2D eigenvalue weighted by Gasteiger charge is 2.13. The number of aliphatic hydroxyl groups is 1. The van der Waals surface area contributed by atoms with Crippen molar-refractivity contribution < 1.29 is 24.9 Å². The quantitative estimate of drug-likeness (QED) is 0.130. The number of rotatable bonds is 19. The summed E-state index contributed by atoms with van der Waals surface area (Å²) in [5.41, 5.74) is 2.14. The second-order valence-electron chi connectivity index (χ2n) is 10.3. The van der Waals surface area contributed by atoms with Gasteiger partial charge in [0.05, 0.1) is 12.0 Å². The Morgan fingerprint density at radius 2 is 1.44 bits per heavy atom. The topological polar surface area (TPSA) is 94.8 Å². The van der Waals surface area contributed by atoms with Crippen LogP contribution in [0.3, 0.4) is 0 Å². The van der Waals surface area contributed by atoms with E-state index in [1.807, 2.05) is 24.3 Å². The van der Waals surface area contributed by atoms with Crippen LogP contribution in [0, 0.1) is 5.92 Å². The van der Waals surface area contributed by atoms with E-state index >= 15 is 0 Å². The minimum absolute atomic E-state index is 0.172. The normalized spacial score (nSPS) is 12.8. The van der Waals surface area contributed by atoms with Crippen LogP contribution in [0.15, 0.2) is 36.4 Å². The number of carboxylic acid groups (broad SMARTS) is 2. The molecule has 3 N–H and O–H groups in total. The molecule has 0 saturated carbocycles. The largest absolute Gasteiger partial charge is 0.481 e. The fourth-order valence-electron chi connectivity index (χ4n) is 3.92. The fourth-order valence-corrected chi connectivity index (χ4v) is 3.92. The van der Waals surface area contributed by atoms with Crippen LogP contribution in [-0.2, 0) is 16.0 Å². The smallest absolute Gasteiger partial charge is 0.310 e. The van der Waals surface area contributed by atoms with Crippen LogP contribution in [0.5, 0.6) is 0 Å². The van der Waals surface area contributed by atoms with Gasteiger partial charge >= 0.3 is 11.9 Å². The number of allylic oxidation sites excluding steroid dienone is 1. The lowest BCUT2D eigenvalue weighted by Crippen LogP contribution is -2.07. The van der Waals surface area contributed by atoms with Gasteiger partial charge < -0.3 is 15.3 Å². The zero-order chi connectivity index (χ0) is 27.2. The third kappa shape index (κ3) is 20.1. The van der Waals surface area contributed by atoms with Crippen LogP contribution in [0.2, 0.25) is 0 Å². The highest BCUT2D eigenvalue weighted by atomic mass is 16.4. The monoisotopic (exact) mass is 504 g/mol. The van der Waals surface area contributed by atoms with E-state index in [0.717, 1.165) is 63.4 Å². The maximum Gasteiger partial charge on any atom is 0.310 e. The van der Waals surface area contributed by atoms with E-state index in [-0.39, 0.29) is 6.10 Å². The Morgan fingerprint density at radius 3 is 2.03 bits per heavy atom. The summed E-state index contributed by atoms with van der Waals surface area (Å²) in [5, 5.41) is 27.2. The van der Waals surface area contributed by atoms with Gasteiger partial charge in [-0.3, -0.25) is 9.59 Å². The summed E-state index contributed by atoms with van der Waals surface area (Å²) in [5.74, 6) is -1.25. The zero-order valence-electron chi connectivity index (χ0n) is 23.3. The summed E-state index contributed by atoms with van der Waals surface area (Å²) in [7, 11) is 0. The standard InChI is InChI=1S/C18H34O3.C13H18O2/c1-2-3-4-11-14-17(19)15-12-9-7-5-6-8-10-13-16-18(20)21;1-9(2)8-11-4-6-12(7-5-11)10(3)13(14)15/h9,12,17,19H,2-8,10-11,13-16H2,1H3,(H,20,21);4-7,9-10H,8H2,1-3H3,(H,14,15)/b12-9-;/t17-;/m1./s1. The van der Waals surface area contributed by atoms with Gasteiger partial charge in [-0.25, -0.2) is 0 Å². The van der Waals surface area contributed by atoms with Gasteiger partial charge in [0.2, 0.25) is 0 Å². The first-order chi connectivity index (χ1) is 17.2. The summed E-state index contributed by atoms with van der Waals surface area (Å²) in [4.78, 5) is 21.1. The van der Waals surface area contributed by atoms with Gasteiger partial charge in [0, 0.05) is 6.42 Å². The molecule has 0 saturated heterocycles. The molecule has 0 bridgehead atoms. The van der Waals surface area contributed by atoms with Crippen molar-refractivity contribution >= 4 is 11.9 Å². The van der Waals surface area contributed by atoms with Crippen molar-refractivity contribution in [1.82, 2.24) is 0 Å². The zero-order valence-corrected chi connectivity index (χ0v) is 23.3. The average Bonchev–Trinajstić information content (AvgIpc) is 2.83. The second-order valence-corrected chi connectivity index (χ2v) is 10.3. The highest BCUT2D eigenvalue weighted by Crippen LogP contribution is 2.17. The van der Waals surface area contributed by atoms with E-state index < -0.39 is 17.9 Å². The summed E-state index contributed by atoms with van der Waals surface area (Å²) in [6.07, 6.45) is 18.4. The van der Waals surface area contributed by atoms with Crippen molar-refractivity contribution in [2.24, 2.45) is 5.92 Å². The Kier molecular flexibility index (Phi) is 20.8. The summed E-state index contributed by atoms with van der Waals surface area (Å²) < 4.78 is 0. The van der Waals surface area contributed by atoms with E-state index in [1.54, 1.807) is 6.92 Å². The van der Waals surface area contributed by atoms with E-state index in [9.17, 15) is 14.7 Å². The van der Waals surface area contributed by atoms with Crippen LogP contribution in [0.25, 0.3) is 0 Å². The summed E-state index contributed by atoms with van der Waals surface area (Å²) >= 11 is 0. The lowest BCUT2D eigenvalue weighted by atomic mass is 9.97. The van der Waals surface area contributed by atoms with Crippen molar-refractivity contribution in [3.63, 3.8) is 0 Å². The van der Waals surface area contributed by atoms with E-state index in [4.69, 9.17) is 10.2 Å². The number of hydrogen-bond donors (Lipinski definition) is 3. The van der Waals surface area contributed by atoms with Gasteiger partial charge in [0.25, 0.3) is 0 Å². The van der Waals surface area contributed by atoms with Crippen molar-refractivity contribution in [2.75, 3.05) is 0 Å². The maximum atomic E-state index is 10.8. The molecule has 0 radical (unpaired) electrons. The minimum Gasteiger partial charge on any atom is -0.481 e. The molecule has 2 atom stereocenters. The molecule has 1 rings (SSSR count). The molecule has 0 amide bonds. The van der Waals surface area contributed by atoms with E-state index in [1.165, 1.54) is 31.2 Å². The Bertz CT molecular complexity index is 708. The number of carboxylic acids is 2. The third-order valence-electron chi connectivity index (χ3n) is 6.22. The molecule has 5 heteroatoms. The molecule has 0 aliphatic carbocycles. The lowest BCUT2D eigenvalue weighted by Gasteiger charge is -2.09. The number of carbonyl (C=O) groups is 2. The molecular formula is C31H52O5. The molecule has 1 aromatic carbocycles. The van der Waals surface area contributed by atoms with Crippen molar-refractivity contribution in [2.45, 2.75) is 130 Å². The van der Waals surface area contributed by atoms with Crippen molar-refractivity contribution in [3.05, 3.63) is 47.5 Å². The maximum absolute atomic E-state index is 10.8. The molecule has 0 aromatic heterocycles. The van der Waals surface area contributed by atoms with Crippen LogP contribution in [-0.4, -0.2) is 33.4 Å². The first kappa shape index (κ1) is 33.9. The molecule has 0 aliphatic heterocycles.